The highest BCUT2D eigenvalue weighted by molar-refractivity contribution is 5.85. The first-order valence-corrected chi connectivity index (χ1v) is 8.53. The summed E-state index contributed by atoms with van der Waals surface area (Å²) in [7, 11) is 0. The largest absolute Gasteiger partial charge is 0.205 e. The summed E-state index contributed by atoms with van der Waals surface area (Å²) < 4.78 is 14.7. The molecule has 0 atom stereocenters. The number of halogens is 1. The van der Waals surface area contributed by atoms with Gasteiger partial charge in [0.25, 0.3) is 0 Å². The lowest BCUT2D eigenvalue weighted by Crippen LogP contribution is -1.88. The average molecular weight is 316 g/mol. The molecule has 3 aromatic carbocycles. The van der Waals surface area contributed by atoms with Crippen molar-refractivity contribution in [1.29, 1.82) is 0 Å². The molecule has 0 heterocycles. The van der Waals surface area contributed by atoms with Crippen LogP contribution in [0.15, 0.2) is 54.6 Å². The van der Waals surface area contributed by atoms with E-state index in [1.807, 2.05) is 36.4 Å². The van der Waals surface area contributed by atoms with Crippen molar-refractivity contribution in [3.05, 3.63) is 82.7 Å². The minimum absolute atomic E-state index is 0.231. The lowest BCUT2D eigenvalue weighted by Gasteiger charge is -2.04. The Bertz CT molecular complexity index is 908. The van der Waals surface area contributed by atoms with Gasteiger partial charge in [-0.25, -0.2) is 4.39 Å². The summed E-state index contributed by atoms with van der Waals surface area (Å²) in [5.74, 6) is 5.81. The lowest BCUT2D eigenvalue weighted by atomic mass is 10.0. The fourth-order valence-corrected chi connectivity index (χ4v) is 2.84. The molecule has 0 aliphatic rings. The summed E-state index contributed by atoms with van der Waals surface area (Å²) in [6.07, 6.45) is 3.16. The average Bonchev–Trinajstić information content (AvgIpc) is 2.62. The van der Waals surface area contributed by atoms with Crippen LogP contribution in [0.5, 0.6) is 0 Å². The van der Waals surface area contributed by atoms with Crippen molar-refractivity contribution in [1.82, 2.24) is 0 Å². The second kappa shape index (κ2) is 7.32. The maximum Gasteiger partial charge on any atom is 0.146 e. The molecule has 0 saturated carbocycles. The molecule has 0 amide bonds. The Balaban J connectivity index is 1.92. The van der Waals surface area contributed by atoms with E-state index < -0.39 is 0 Å². The first-order valence-electron chi connectivity index (χ1n) is 8.53. The van der Waals surface area contributed by atoms with Crippen molar-refractivity contribution >= 4 is 10.8 Å². The summed E-state index contributed by atoms with van der Waals surface area (Å²) in [6, 6.07) is 17.8. The van der Waals surface area contributed by atoms with E-state index in [1.54, 1.807) is 6.07 Å². The van der Waals surface area contributed by atoms with Crippen LogP contribution in [0.25, 0.3) is 10.8 Å². The number of benzene rings is 3. The Kier molecular flexibility index (Phi) is 4.96. The van der Waals surface area contributed by atoms with E-state index in [4.69, 9.17) is 0 Å². The Labute approximate surface area is 143 Å². The summed E-state index contributed by atoms with van der Waals surface area (Å²) in [6.45, 7) is 4.27. The van der Waals surface area contributed by atoms with Crippen LogP contribution in [0.3, 0.4) is 0 Å². The number of hydrogen-bond acceptors (Lipinski definition) is 0. The summed E-state index contributed by atoms with van der Waals surface area (Å²) in [4.78, 5) is 0. The van der Waals surface area contributed by atoms with Gasteiger partial charge in [-0.1, -0.05) is 68.5 Å². The molecular weight excluding hydrogens is 295 g/mol. The van der Waals surface area contributed by atoms with Crippen LogP contribution in [0, 0.1) is 17.7 Å². The quantitative estimate of drug-likeness (QED) is 0.528. The zero-order valence-corrected chi connectivity index (χ0v) is 14.2. The predicted molar refractivity (Wildman–Crippen MR) is 99.7 cm³/mol. The topological polar surface area (TPSA) is 0 Å². The Morgan fingerprint density at radius 2 is 1.58 bits per heavy atom. The molecular formula is C23H21F. The van der Waals surface area contributed by atoms with Crippen molar-refractivity contribution < 1.29 is 4.39 Å². The molecule has 0 aliphatic carbocycles. The molecule has 120 valence electrons. The summed E-state index contributed by atoms with van der Waals surface area (Å²) in [5.41, 5.74) is 3.89. The minimum Gasteiger partial charge on any atom is -0.205 e. The third-order valence-corrected chi connectivity index (χ3v) is 4.26. The van der Waals surface area contributed by atoms with Gasteiger partial charge in [-0.3, -0.25) is 0 Å². The molecule has 0 aromatic heterocycles. The van der Waals surface area contributed by atoms with Gasteiger partial charge in [0.1, 0.15) is 5.82 Å². The standard InChI is InChI=1S/C23H21F/c1-3-5-18-6-8-19(9-7-18)10-12-20-13-14-21-16-17(4-2)11-15-22(21)23(20)24/h6-9,11,13-16H,3-5H2,1-2H3. The lowest BCUT2D eigenvalue weighted by molar-refractivity contribution is 0.636. The van der Waals surface area contributed by atoms with Gasteiger partial charge in [-0.15, -0.1) is 0 Å². The van der Waals surface area contributed by atoms with Gasteiger partial charge < -0.3 is 0 Å². The van der Waals surface area contributed by atoms with Gasteiger partial charge in [-0.05, 0) is 47.6 Å². The molecule has 3 rings (SSSR count). The molecule has 0 unspecified atom stereocenters. The number of rotatable bonds is 3. The van der Waals surface area contributed by atoms with Crippen LogP contribution in [0.2, 0.25) is 0 Å². The zero-order valence-electron chi connectivity index (χ0n) is 14.2. The van der Waals surface area contributed by atoms with E-state index in [1.165, 1.54) is 11.1 Å². The molecule has 0 N–H and O–H groups in total. The Morgan fingerprint density at radius 3 is 2.29 bits per heavy atom. The monoisotopic (exact) mass is 316 g/mol. The highest BCUT2D eigenvalue weighted by atomic mass is 19.1. The van der Waals surface area contributed by atoms with Crippen LogP contribution in [0.1, 0.15) is 42.5 Å². The van der Waals surface area contributed by atoms with Crippen molar-refractivity contribution in [3.8, 4) is 11.8 Å². The van der Waals surface area contributed by atoms with Crippen LogP contribution in [-0.4, -0.2) is 0 Å². The minimum atomic E-state index is -0.231. The van der Waals surface area contributed by atoms with E-state index in [9.17, 15) is 4.39 Å². The fraction of sp³-hybridized carbons (Fsp3) is 0.217. The molecule has 0 aliphatic heterocycles. The van der Waals surface area contributed by atoms with Crippen molar-refractivity contribution in [2.45, 2.75) is 33.1 Å². The molecule has 0 spiro atoms. The number of aryl methyl sites for hydroxylation is 2. The zero-order chi connectivity index (χ0) is 16.9. The molecule has 0 radical (unpaired) electrons. The third kappa shape index (κ3) is 3.49. The Morgan fingerprint density at radius 1 is 0.833 bits per heavy atom. The first kappa shape index (κ1) is 16.3. The van der Waals surface area contributed by atoms with Gasteiger partial charge in [0.15, 0.2) is 0 Å². The molecule has 0 saturated heterocycles. The second-order valence-corrected chi connectivity index (χ2v) is 6.03. The van der Waals surface area contributed by atoms with Crippen LogP contribution in [0.4, 0.5) is 4.39 Å². The maximum atomic E-state index is 14.7. The van der Waals surface area contributed by atoms with Gasteiger partial charge in [0.2, 0.25) is 0 Å². The van der Waals surface area contributed by atoms with Crippen molar-refractivity contribution in [2.75, 3.05) is 0 Å². The molecule has 0 nitrogen and oxygen atoms in total. The SMILES string of the molecule is CCCc1ccc(C#Cc2ccc3cc(CC)ccc3c2F)cc1. The number of hydrogen-bond donors (Lipinski definition) is 0. The van der Waals surface area contributed by atoms with Crippen LogP contribution < -0.4 is 0 Å². The molecule has 1 heteroatoms. The molecule has 0 fully saturated rings. The van der Waals surface area contributed by atoms with Crippen molar-refractivity contribution in [3.63, 3.8) is 0 Å². The molecule has 24 heavy (non-hydrogen) atoms. The van der Waals surface area contributed by atoms with Gasteiger partial charge >= 0.3 is 0 Å². The highest BCUT2D eigenvalue weighted by Crippen LogP contribution is 2.22. The van der Waals surface area contributed by atoms with E-state index in [0.29, 0.717) is 10.9 Å². The Hall–Kier alpha value is -2.59. The summed E-state index contributed by atoms with van der Waals surface area (Å²) >= 11 is 0. The van der Waals surface area contributed by atoms with E-state index in [0.717, 1.165) is 30.2 Å². The van der Waals surface area contributed by atoms with Gasteiger partial charge in [-0.2, -0.15) is 0 Å². The van der Waals surface area contributed by atoms with E-state index in [-0.39, 0.29) is 5.82 Å². The predicted octanol–water partition coefficient (Wildman–Crippen LogP) is 5.89. The van der Waals surface area contributed by atoms with E-state index in [2.05, 4.69) is 37.8 Å². The molecule has 0 bridgehead atoms. The smallest absolute Gasteiger partial charge is 0.146 e. The summed E-state index contributed by atoms with van der Waals surface area (Å²) in [5, 5.41) is 1.57. The van der Waals surface area contributed by atoms with Gasteiger partial charge in [0, 0.05) is 10.9 Å². The van der Waals surface area contributed by atoms with E-state index >= 15 is 0 Å². The second-order valence-electron chi connectivity index (χ2n) is 6.03. The molecule has 3 aromatic rings. The van der Waals surface area contributed by atoms with Gasteiger partial charge in [0.05, 0.1) is 5.56 Å². The van der Waals surface area contributed by atoms with Crippen LogP contribution in [-0.2, 0) is 12.8 Å². The number of fused-ring (bicyclic) bond motifs is 1. The normalized spacial score (nSPS) is 10.5. The van der Waals surface area contributed by atoms with Crippen molar-refractivity contribution in [2.24, 2.45) is 0 Å². The third-order valence-electron chi connectivity index (χ3n) is 4.26. The highest BCUT2D eigenvalue weighted by Gasteiger charge is 2.06. The first-order chi connectivity index (χ1) is 11.7. The fourth-order valence-electron chi connectivity index (χ4n) is 2.84. The van der Waals surface area contributed by atoms with Crippen LogP contribution >= 0.6 is 0 Å². The maximum absolute atomic E-state index is 14.7.